The van der Waals surface area contributed by atoms with E-state index in [-0.39, 0.29) is 11.5 Å². The third kappa shape index (κ3) is 3.54. The Bertz CT molecular complexity index is 791. The van der Waals surface area contributed by atoms with Crippen molar-refractivity contribution in [2.75, 3.05) is 6.54 Å². The molecule has 8 heteroatoms. The third-order valence-electron chi connectivity index (χ3n) is 3.25. The zero-order valence-corrected chi connectivity index (χ0v) is 12.1. The lowest BCUT2D eigenvalue weighted by molar-refractivity contribution is 0.0953. The van der Waals surface area contributed by atoms with Gasteiger partial charge in [-0.2, -0.15) is 4.68 Å². The Morgan fingerprint density at radius 2 is 2.04 bits per heavy atom. The Balaban J connectivity index is 1.73. The van der Waals surface area contributed by atoms with Gasteiger partial charge in [-0.1, -0.05) is 0 Å². The van der Waals surface area contributed by atoms with Gasteiger partial charge in [-0.05, 0) is 52.7 Å². The van der Waals surface area contributed by atoms with Crippen LogP contribution in [-0.2, 0) is 6.42 Å². The van der Waals surface area contributed by atoms with Gasteiger partial charge >= 0.3 is 0 Å². The molecular formula is C15H13FN6O. The molecule has 1 N–H and O–H groups in total. The summed E-state index contributed by atoms with van der Waals surface area (Å²) in [6.45, 7) is 0.425. The maximum atomic E-state index is 13.5. The van der Waals surface area contributed by atoms with Crippen molar-refractivity contribution in [2.24, 2.45) is 0 Å². The van der Waals surface area contributed by atoms with Gasteiger partial charge in [-0.3, -0.25) is 9.78 Å². The lowest BCUT2D eigenvalue weighted by Gasteiger charge is -2.09. The second-order valence-corrected chi connectivity index (χ2v) is 4.78. The predicted molar refractivity (Wildman–Crippen MR) is 79.4 cm³/mol. The number of carbonyl (C=O) groups excluding carboxylic acids is 1. The van der Waals surface area contributed by atoms with E-state index in [2.05, 4.69) is 25.8 Å². The first-order valence-electron chi connectivity index (χ1n) is 6.94. The molecule has 0 saturated heterocycles. The van der Waals surface area contributed by atoms with E-state index in [4.69, 9.17) is 0 Å². The maximum Gasteiger partial charge on any atom is 0.253 e. The number of pyridine rings is 1. The molecule has 0 atom stereocenters. The number of aromatic nitrogens is 5. The molecule has 0 bridgehead atoms. The molecule has 0 aliphatic heterocycles. The standard InChI is InChI=1S/C15H13FN6O/c16-12-1-2-14(22-10-19-20-21-22)13(9-12)15(23)18-8-5-11-3-6-17-7-4-11/h1-4,6-7,9-10H,5,8H2,(H,18,23). The fourth-order valence-corrected chi connectivity index (χ4v) is 2.13. The van der Waals surface area contributed by atoms with E-state index >= 15 is 0 Å². The van der Waals surface area contributed by atoms with E-state index in [1.807, 2.05) is 12.1 Å². The molecule has 0 aliphatic carbocycles. The minimum atomic E-state index is -0.499. The molecule has 0 saturated carbocycles. The van der Waals surface area contributed by atoms with Crippen molar-refractivity contribution in [3.8, 4) is 5.69 Å². The van der Waals surface area contributed by atoms with Crippen molar-refractivity contribution in [2.45, 2.75) is 6.42 Å². The lowest BCUT2D eigenvalue weighted by atomic mass is 10.1. The fourth-order valence-electron chi connectivity index (χ4n) is 2.13. The normalized spacial score (nSPS) is 10.5. The van der Waals surface area contributed by atoms with Crippen molar-refractivity contribution in [1.29, 1.82) is 0 Å². The fraction of sp³-hybridized carbons (Fsp3) is 0.133. The number of amides is 1. The van der Waals surface area contributed by atoms with Gasteiger partial charge in [-0.25, -0.2) is 4.39 Å². The predicted octanol–water partition coefficient (Wildman–Crippen LogP) is 1.17. The number of tetrazole rings is 1. The van der Waals surface area contributed by atoms with Gasteiger partial charge in [0.25, 0.3) is 5.91 Å². The van der Waals surface area contributed by atoms with Crippen LogP contribution in [0.15, 0.2) is 49.1 Å². The third-order valence-corrected chi connectivity index (χ3v) is 3.25. The van der Waals surface area contributed by atoms with Gasteiger partial charge < -0.3 is 5.32 Å². The maximum absolute atomic E-state index is 13.5. The molecule has 0 radical (unpaired) electrons. The SMILES string of the molecule is O=C(NCCc1ccncc1)c1cc(F)ccc1-n1cnnn1. The molecule has 3 rings (SSSR count). The topological polar surface area (TPSA) is 85.6 Å². The quantitative estimate of drug-likeness (QED) is 0.764. The summed E-state index contributed by atoms with van der Waals surface area (Å²) in [5.74, 6) is -0.884. The molecule has 0 aliphatic rings. The summed E-state index contributed by atoms with van der Waals surface area (Å²) in [5.41, 5.74) is 1.64. The summed E-state index contributed by atoms with van der Waals surface area (Å²) in [6.07, 6.45) is 5.39. The first-order valence-corrected chi connectivity index (χ1v) is 6.94. The van der Waals surface area contributed by atoms with Crippen LogP contribution < -0.4 is 5.32 Å². The van der Waals surface area contributed by atoms with E-state index in [9.17, 15) is 9.18 Å². The van der Waals surface area contributed by atoms with E-state index in [1.54, 1.807) is 12.4 Å². The molecule has 2 aromatic heterocycles. The largest absolute Gasteiger partial charge is 0.352 e. The summed E-state index contributed by atoms with van der Waals surface area (Å²) in [7, 11) is 0. The summed E-state index contributed by atoms with van der Waals surface area (Å²) in [5, 5.41) is 13.6. The van der Waals surface area contributed by atoms with Gasteiger partial charge in [0.2, 0.25) is 0 Å². The van der Waals surface area contributed by atoms with Crippen molar-refractivity contribution in [3.05, 3.63) is 66.0 Å². The molecule has 7 nitrogen and oxygen atoms in total. The number of nitrogens with one attached hydrogen (secondary N) is 1. The molecule has 0 spiro atoms. The Morgan fingerprint density at radius 3 is 2.78 bits per heavy atom. The van der Waals surface area contributed by atoms with Crippen molar-refractivity contribution in [3.63, 3.8) is 0 Å². The van der Waals surface area contributed by atoms with Crippen LogP contribution in [0.5, 0.6) is 0 Å². The molecule has 23 heavy (non-hydrogen) atoms. The molecular weight excluding hydrogens is 299 g/mol. The van der Waals surface area contributed by atoms with Crippen LogP contribution in [-0.4, -0.2) is 37.6 Å². The number of carbonyl (C=O) groups is 1. The second kappa shape index (κ2) is 6.73. The van der Waals surface area contributed by atoms with Crippen molar-refractivity contribution < 1.29 is 9.18 Å². The molecule has 0 unspecified atom stereocenters. The number of nitrogens with zero attached hydrogens (tertiary/aromatic N) is 5. The monoisotopic (exact) mass is 312 g/mol. The molecule has 3 aromatic rings. The van der Waals surface area contributed by atoms with Gasteiger partial charge in [0, 0.05) is 18.9 Å². The summed E-state index contributed by atoms with van der Waals surface area (Å²) < 4.78 is 14.8. The van der Waals surface area contributed by atoms with Crippen LogP contribution in [0.25, 0.3) is 5.69 Å². The number of hydrogen-bond acceptors (Lipinski definition) is 5. The average molecular weight is 312 g/mol. The van der Waals surface area contributed by atoms with E-state index < -0.39 is 5.82 Å². The van der Waals surface area contributed by atoms with Gasteiger partial charge in [0.15, 0.2) is 0 Å². The number of halogens is 1. The van der Waals surface area contributed by atoms with Crippen LogP contribution in [0, 0.1) is 5.82 Å². The van der Waals surface area contributed by atoms with E-state index in [1.165, 1.54) is 29.2 Å². The highest BCUT2D eigenvalue weighted by Crippen LogP contribution is 2.15. The number of hydrogen-bond donors (Lipinski definition) is 1. The first-order chi connectivity index (χ1) is 11.2. The Morgan fingerprint density at radius 1 is 1.22 bits per heavy atom. The summed E-state index contributed by atoms with van der Waals surface area (Å²) in [6, 6.07) is 7.63. The van der Waals surface area contributed by atoms with Crippen LogP contribution in [0.4, 0.5) is 4.39 Å². The first kappa shape index (κ1) is 14.8. The average Bonchev–Trinajstić information content (AvgIpc) is 3.10. The Kier molecular flexibility index (Phi) is 4.32. The Hall–Kier alpha value is -3.16. The smallest absolute Gasteiger partial charge is 0.253 e. The minimum Gasteiger partial charge on any atom is -0.352 e. The van der Waals surface area contributed by atoms with Gasteiger partial charge in [0.1, 0.15) is 12.1 Å². The van der Waals surface area contributed by atoms with Crippen LogP contribution in [0.2, 0.25) is 0 Å². The minimum absolute atomic E-state index is 0.173. The zero-order valence-electron chi connectivity index (χ0n) is 12.1. The Labute approximate surface area is 131 Å². The number of benzene rings is 1. The molecule has 0 fully saturated rings. The molecule has 2 heterocycles. The van der Waals surface area contributed by atoms with E-state index in [0.29, 0.717) is 18.7 Å². The van der Waals surface area contributed by atoms with E-state index in [0.717, 1.165) is 5.56 Å². The lowest BCUT2D eigenvalue weighted by Crippen LogP contribution is -2.27. The van der Waals surface area contributed by atoms with Crippen LogP contribution in [0.3, 0.4) is 0 Å². The highest BCUT2D eigenvalue weighted by Gasteiger charge is 2.14. The highest BCUT2D eigenvalue weighted by molar-refractivity contribution is 5.97. The summed E-state index contributed by atoms with van der Waals surface area (Å²) >= 11 is 0. The second-order valence-electron chi connectivity index (χ2n) is 4.78. The van der Waals surface area contributed by atoms with Crippen molar-refractivity contribution in [1.82, 2.24) is 30.5 Å². The van der Waals surface area contributed by atoms with Gasteiger partial charge in [0.05, 0.1) is 11.3 Å². The number of rotatable bonds is 5. The molecule has 116 valence electrons. The van der Waals surface area contributed by atoms with Crippen LogP contribution in [0.1, 0.15) is 15.9 Å². The highest BCUT2D eigenvalue weighted by atomic mass is 19.1. The van der Waals surface area contributed by atoms with Crippen molar-refractivity contribution >= 4 is 5.91 Å². The van der Waals surface area contributed by atoms with Crippen LogP contribution >= 0.6 is 0 Å². The molecule has 1 amide bonds. The zero-order chi connectivity index (χ0) is 16.1. The molecule has 1 aromatic carbocycles. The summed E-state index contributed by atoms with van der Waals surface area (Å²) in [4.78, 5) is 16.3. The van der Waals surface area contributed by atoms with Gasteiger partial charge in [-0.15, -0.1) is 5.10 Å².